The third-order valence-corrected chi connectivity index (χ3v) is 2.46. The maximum atomic E-state index is 11.6. The number of urea groups is 1. The van der Waals surface area contributed by atoms with Crippen LogP contribution in [0.25, 0.3) is 0 Å². The molecule has 0 aliphatic carbocycles. The summed E-state index contributed by atoms with van der Waals surface area (Å²) in [5.74, 6) is -0.943. The summed E-state index contributed by atoms with van der Waals surface area (Å²) in [7, 11) is 0. The zero-order chi connectivity index (χ0) is 12.8. The second-order valence-corrected chi connectivity index (χ2v) is 3.67. The van der Waals surface area contributed by atoms with Crippen LogP contribution in [0, 0.1) is 5.92 Å². The third-order valence-electron chi connectivity index (χ3n) is 2.46. The highest BCUT2D eigenvalue weighted by Crippen LogP contribution is 2.15. The lowest BCUT2D eigenvalue weighted by molar-refractivity contribution is -0.155. The molecule has 0 bridgehead atoms. The second kappa shape index (κ2) is 6.53. The topological polar surface area (TPSA) is 103 Å². The van der Waals surface area contributed by atoms with Crippen LogP contribution < -0.4 is 16.4 Å². The normalized spacial score (nSPS) is 24.7. The maximum absolute atomic E-state index is 11.6. The Morgan fingerprint density at radius 2 is 1.88 bits per heavy atom. The number of amides is 3. The van der Waals surface area contributed by atoms with Crippen molar-refractivity contribution in [3.8, 4) is 0 Å². The second-order valence-electron chi connectivity index (χ2n) is 3.67. The maximum Gasteiger partial charge on any atom is 0.322 e. The Kier molecular flexibility index (Phi) is 5.33. The Hall–Kier alpha value is -1.18. The van der Waals surface area contributed by atoms with Crippen molar-refractivity contribution in [3.63, 3.8) is 0 Å². The van der Waals surface area contributed by atoms with Gasteiger partial charge in [0.2, 0.25) is 5.91 Å². The molecule has 1 heterocycles. The Bertz CT molecular complexity index is 279. The average molecular weight is 245 g/mol. The molecule has 4 N–H and O–H groups in total. The van der Waals surface area contributed by atoms with Gasteiger partial charge in [0.25, 0.3) is 0 Å². The van der Waals surface area contributed by atoms with E-state index in [1.54, 1.807) is 0 Å². The molecule has 3 amide bonds. The number of nitrogens with one attached hydrogen (secondary N) is 2. The summed E-state index contributed by atoms with van der Waals surface area (Å²) in [5, 5.41) is 4.61. The van der Waals surface area contributed by atoms with Crippen LogP contribution in [-0.4, -0.2) is 37.6 Å². The zero-order valence-electron chi connectivity index (χ0n) is 10.1. The Morgan fingerprint density at radius 3 is 2.35 bits per heavy atom. The van der Waals surface area contributed by atoms with Gasteiger partial charge in [-0.2, -0.15) is 0 Å². The van der Waals surface area contributed by atoms with E-state index in [1.807, 2.05) is 13.8 Å². The van der Waals surface area contributed by atoms with Crippen molar-refractivity contribution in [2.75, 3.05) is 13.2 Å². The molecule has 0 aromatic carbocycles. The van der Waals surface area contributed by atoms with Gasteiger partial charge >= 0.3 is 6.03 Å². The Morgan fingerprint density at radius 1 is 1.29 bits per heavy atom. The summed E-state index contributed by atoms with van der Waals surface area (Å²) in [4.78, 5) is 22.6. The highest BCUT2D eigenvalue weighted by molar-refractivity contribution is 5.98. The van der Waals surface area contributed by atoms with Crippen molar-refractivity contribution in [3.05, 3.63) is 0 Å². The first-order chi connectivity index (χ1) is 8.08. The van der Waals surface area contributed by atoms with E-state index in [1.165, 1.54) is 0 Å². The zero-order valence-corrected chi connectivity index (χ0v) is 10.1. The molecule has 17 heavy (non-hydrogen) atoms. The molecule has 2 atom stereocenters. The monoisotopic (exact) mass is 245 g/mol. The molecule has 1 aliphatic rings. The number of imide groups is 1. The van der Waals surface area contributed by atoms with Crippen molar-refractivity contribution in [2.24, 2.45) is 11.7 Å². The van der Waals surface area contributed by atoms with Gasteiger partial charge in [-0.3, -0.25) is 10.1 Å². The van der Waals surface area contributed by atoms with Crippen LogP contribution in [0.1, 0.15) is 20.3 Å². The molecule has 0 spiro atoms. The van der Waals surface area contributed by atoms with E-state index in [0.717, 1.165) is 0 Å². The molecule has 1 fully saturated rings. The first-order valence-corrected chi connectivity index (χ1v) is 5.68. The summed E-state index contributed by atoms with van der Waals surface area (Å²) < 4.78 is 10.7. The van der Waals surface area contributed by atoms with Gasteiger partial charge in [-0.05, 0) is 13.8 Å². The molecule has 98 valence electrons. The Balaban J connectivity index is 2.57. The van der Waals surface area contributed by atoms with Crippen LogP contribution >= 0.6 is 0 Å². The van der Waals surface area contributed by atoms with Gasteiger partial charge in [0.1, 0.15) is 0 Å². The minimum Gasteiger partial charge on any atom is -0.353 e. The lowest BCUT2D eigenvalue weighted by Crippen LogP contribution is -2.62. The van der Waals surface area contributed by atoms with E-state index in [4.69, 9.17) is 15.2 Å². The first kappa shape index (κ1) is 13.9. The predicted octanol–water partition coefficient (Wildman–Crippen LogP) is -0.484. The minimum atomic E-state index is -0.709. The lowest BCUT2D eigenvalue weighted by atomic mass is 9.99. The number of nitrogens with two attached hydrogens (primary N) is 1. The van der Waals surface area contributed by atoms with E-state index < -0.39 is 30.3 Å². The summed E-state index contributed by atoms with van der Waals surface area (Å²) in [6.45, 7) is 4.66. The molecular weight excluding hydrogens is 226 g/mol. The van der Waals surface area contributed by atoms with Gasteiger partial charge in [0, 0.05) is 19.6 Å². The number of hydrogen-bond donors (Lipinski definition) is 3. The van der Waals surface area contributed by atoms with Crippen LogP contribution in [0.4, 0.5) is 4.79 Å². The molecule has 7 heteroatoms. The van der Waals surface area contributed by atoms with E-state index in [9.17, 15) is 9.59 Å². The van der Waals surface area contributed by atoms with Gasteiger partial charge in [0.05, 0.1) is 12.1 Å². The van der Waals surface area contributed by atoms with Gasteiger partial charge in [-0.1, -0.05) is 0 Å². The standard InChI is InChI=1S/C10H19N3O4/c1-3-16-7(17-4-2)5-6-8(11)12-10(15)13-9(6)14/h6-8H,3-5,11H2,1-2H3,(H2,12,13,14,15). The summed E-state index contributed by atoms with van der Waals surface area (Å²) in [6, 6.07) is -0.567. The van der Waals surface area contributed by atoms with E-state index in [2.05, 4.69) is 10.6 Å². The van der Waals surface area contributed by atoms with Crippen molar-refractivity contribution >= 4 is 11.9 Å². The van der Waals surface area contributed by atoms with Crippen LogP contribution in [0.2, 0.25) is 0 Å². The molecule has 2 unspecified atom stereocenters. The summed E-state index contributed by atoms with van der Waals surface area (Å²) >= 11 is 0. The lowest BCUT2D eigenvalue weighted by Gasteiger charge is -2.30. The smallest absolute Gasteiger partial charge is 0.322 e. The van der Waals surface area contributed by atoms with Gasteiger partial charge in [0.15, 0.2) is 6.29 Å². The highest BCUT2D eigenvalue weighted by Gasteiger charge is 2.35. The molecule has 1 aliphatic heterocycles. The number of carbonyl (C=O) groups is 2. The number of ether oxygens (including phenoxy) is 2. The highest BCUT2D eigenvalue weighted by atomic mass is 16.7. The fourth-order valence-electron chi connectivity index (χ4n) is 1.67. The molecular formula is C10H19N3O4. The largest absolute Gasteiger partial charge is 0.353 e. The third kappa shape index (κ3) is 3.95. The van der Waals surface area contributed by atoms with Crippen molar-refractivity contribution in [2.45, 2.75) is 32.7 Å². The van der Waals surface area contributed by atoms with Crippen LogP contribution in [0.15, 0.2) is 0 Å². The molecule has 0 aromatic rings. The van der Waals surface area contributed by atoms with Crippen LogP contribution in [0.5, 0.6) is 0 Å². The van der Waals surface area contributed by atoms with Crippen LogP contribution in [-0.2, 0) is 14.3 Å². The quantitative estimate of drug-likeness (QED) is 0.548. The van der Waals surface area contributed by atoms with Crippen molar-refractivity contribution in [1.29, 1.82) is 0 Å². The van der Waals surface area contributed by atoms with Gasteiger partial charge in [-0.15, -0.1) is 0 Å². The SMILES string of the molecule is CCOC(CC1C(=O)NC(=O)NC1N)OCC. The van der Waals surface area contributed by atoms with Gasteiger partial charge in [-0.25, -0.2) is 4.79 Å². The van der Waals surface area contributed by atoms with Crippen molar-refractivity contribution in [1.82, 2.24) is 10.6 Å². The van der Waals surface area contributed by atoms with E-state index in [0.29, 0.717) is 19.6 Å². The van der Waals surface area contributed by atoms with Crippen LogP contribution in [0.3, 0.4) is 0 Å². The van der Waals surface area contributed by atoms with Crippen molar-refractivity contribution < 1.29 is 19.1 Å². The molecule has 0 aromatic heterocycles. The molecule has 0 radical (unpaired) electrons. The number of rotatable bonds is 6. The fourth-order valence-corrected chi connectivity index (χ4v) is 1.67. The van der Waals surface area contributed by atoms with E-state index >= 15 is 0 Å². The fraction of sp³-hybridized carbons (Fsp3) is 0.800. The van der Waals surface area contributed by atoms with E-state index in [-0.39, 0.29) is 0 Å². The predicted molar refractivity (Wildman–Crippen MR) is 59.8 cm³/mol. The minimum absolute atomic E-state index is 0.314. The summed E-state index contributed by atoms with van der Waals surface area (Å²) in [6.07, 6.45) is -0.879. The molecule has 7 nitrogen and oxygen atoms in total. The number of hydrogen-bond acceptors (Lipinski definition) is 5. The molecule has 1 rings (SSSR count). The average Bonchev–Trinajstić information content (AvgIpc) is 2.23. The molecule has 0 saturated carbocycles. The van der Waals surface area contributed by atoms with Gasteiger partial charge < -0.3 is 20.5 Å². The summed E-state index contributed by atoms with van der Waals surface area (Å²) in [5.41, 5.74) is 5.70. The molecule has 1 saturated heterocycles. The number of carbonyl (C=O) groups excluding carboxylic acids is 2. The Labute approximate surface area is 100 Å². The first-order valence-electron chi connectivity index (χ1n) is 5.68.